The molecule has 448 valence electrons. The first-order chi connectivity index (χ1) is 38.0. The second-order valence-electron chi connectivity index (χ2n) is 22.7. The van der Waals surface area contributed by atoms with Gasteiger partial charge in [0.25, 0.3) is 0 Å². The van der Waals surface area contributed by atoms with Gasteiger partial charge in [0.2, 0.25) is 0 Å². The molecule has 0 saturated carbocycles. The number of rotatable bonds is 62. The van der Waals surface area contributed by atoms with Crippen LogP contribution in [0.1, 0.15) is 355 Å². The fourth-order valence-electron chi connectivity index (χ4n) is 9.85. The maximum atomic E-state index is 12.9. The number of esters is 3. The fourth-order valence-corrected chi connectivity index (χ4v) is 9.85. The van der Waals surface area contributed by atoms with E-state index in [9.17, 15) is 14.4 Å². The summed E-state index contributed by atoms with van der Waals surface area (Å²) in [6, 6.07) is 0. The summed E-state index contributed by atoms with van der Waals surface area (Å²) in [7, 11) is 0. The number of hydrogen-bond acceptors (Lipinski definition) is 6. The van der Waals surface area contributed by atoms with Gasteiger partial charge >= 0.3 is 17.9 Å². The van der Waals surface area contributed by atoms with Crippen molar-refractivity contribution in [3.05, 3.63) is 60.8 Å². The van der Waals surface area contributed by atoms with Crippen LogP contribution in [0.15, 0.2) is 60.8 Å². The van der Waals surface area contributed by atoms with Crippen molar-refractivity contribution in [1.29, 1.82) is 0 Å². The van der Waals surface area contributed by atoms with Gasteiger partial charge in [-0.2, -0.15) is 0 Å². The monoisotopic (exact) mass is 1080 g/mol. The van der Waals surface area contributed by atoms with Gasteiger partial charge in [0.05, 0.1) is 0 Å². The van der Waals surface area contributed by atoms with E-state index in [0.29, 0.717) is 19.3 Å². The molecule has 0 aliphatic heterocycles. The molecule has 1 atom stereocenters. The second-order valence-corrected chi connectivity index (χ2v) is 22.7. The first-order valence-electron chi connectivity index (χ1n) is 33.8. The predicted molar refractivity (Wildman–Crippen MR) is 335 cm³/mol. The molecule has 0 aromatic heterocycles. The first kappa shape index (κ1) is 74.1. The number of carbonyl (C=O) groups is 3. The lowest BCUT2D eigenvalue weighted by atomic mass is 10.0. The Hall–Kier alpha value is -2.89. The highest BCUT2D eigenvalue weighted by Gasteiger charge is 2.19. The number of unbranched alkanes of at least 4 members (excludes halogenated alkanes) is 41. The minimum Gasteiger partial charge on any atom is -0.462 e. The molecule has 0 aromatic rings. The third-order valence-electron chi connectivity index (χ3n) is 15.0. The van der Waals surface area contributed by atoms with Crippen LogP contribution in [-0.2, 0) is 28.6 Å². The van der Waals surface area contributed by atoms with Crippen LogP contribution < -0.4 is 0 Å². The van der Waals surface area contributed by atoms with E-state index in [1.807, 2.05) is 0 Å². The molecule has 0 N–H and O–H groups in total. The van der Waals surface area contributed by atoms with E-state index in [0.717, 1.165) is 77.0 Å². The molecule has 77 heavy (non-hydrogen) atoms. The maximum absolute atomic E-state index is 12.9. The topological polar surface area (TPSA) is 78.9 Å². The molecule has 0 spiro atoms. The lowest BCUT2D eigenvalue weighted by Crippen LogP contribution is -2.30. The van der Waals surface area contributed by atoms with Crippen molar-refractivity contribution in [2.75, 3.05) is 13.2 Å². The van der Waals surface area contributed by atoms with Gasteiger partial charge in [0.1, 0.15) is 13.2 Å². The van der Waals surface area contributed by atoms with Gasteiger partial charge in [-0.1, -0.05) is 287 Å². The minimum atomic E-state index is -0.781. The first-order valence-corrected chi connectivity index (χ1v) is 33.8. The standard InChI is InChI=1S/C71H128O6/c1-4-7-10-13-16-19-22-25-28-30-32-33-34-35-36-37-39-40-43-46-49-52-55-58-61-64-70(73)76-67-68(66-75-69(72)63-60-57-54-51-48-45-42-27-24-21-18-15-12-9-6-3)77-71(74)65-62-59-56-53-50-47-44-41-38-31-29-26-23-20-17-14-11-8-5-2/h22,25-27,29-30,32,34-35,42,68H,4-21,23-24,28,31,33,36-41,43-67H2,1-3H3/b25-22-,29-26-,32-30-,35-34-,42-27-. The SMILES string of the molecule is CCCCCCC/C=C\C/C=C\C/C=C\CCCCCCCCCCCCC(=O)OCC(COC(=O)CCCCCCC/C=C\CCCCCCCC)OC(=O)CCCCCCCCCCC/C=C\CCCCCCCC. The number of allylic oxidation sites excluding steroid dienone is 10. The van der Waals surface area contributed by atoms with Crippen molar-refractivity contribution < 1.29 is 28.6 Å². The normalized spacial score (nSPS) is 12.4. The van der Waals surface area contributed by atoms with E-state index in [2.05, 4.69) is 81.5 Å². The zero-order valence-electron chi connectivity index (χ0n) is 51.5. The molecule has 0 fully saturated rings. The zero-order chi connectivity index (χ0) is 55.7. The molecule has 0 aliphatic rings. The van der Waals surface area contributed by atoms with Gasteiger partial charge in [0.15, 0.2) is 6.10 Å². The lowest BCUT2D eigenvalue weighted by molar-refractivity contribution is -0.167. The summed E-state index contributed by atoms with van der Waals surface area (Å²) in [5, 5.41) is 0. The fraction of sp³-hybridized carbons (Fsp3) is 0.817. The molecule has 0 radical (unpaired) electrons. The Balaban J connectivity index is 4.33. The summed E-state index contributed by atoms with van der Waals surface area (Å²) >= 11 is 0. The molecule has 0 bridgehead atoms. The third-order valence-corrected chi connectivity index (χ3v) is 15.0. The zero-order valence-corrected chi connectivity index (χ0v) is 51.5. The Labute approximate surface area is 479 Å². The van der Waals surface area contributed by atoms with Crippen LogP contribution >= 0.6 is 0 Å². The van der Waals surface area contributed by atoms with Crippen LogP contribution in [0.4, 0.5) is 0 Å². The quantitative estimate of drug-likeness (QED) is 0.0261. The maximum Gasteiger partial charge on any atom is 0.306 e. The Morgan fingerprint density at radius 1 is 0.260 bits per heavy atom. The molecular formula is C71H128O6. The summed E-state index contributed by atoms with van der Waals surface area (Å²) < 4.78 is 17.0. The van der Waals surface area contributed by atoms with Gasteiger partial charge < -0.3 is 14.2 Å². The summed E-state index contributed by atoms with van der Waals surface area (Å²) in [4.78, 5) is 38.4. The van der Waals surface area contributed by atoms with Crippen molar-refractivity contribution in [1.82, 2.24) is 0 Å². The molecule has 0 aliphatic carbocycles. The van der Waals surface area contributed by atoms with E-state index in [4.69, 9.17) is 14.2 Å². The molecule has 6 nitrogen and oxygen atoms in total. The largest absolute Gasteiger partial charge is 0.462 e. The summed E-state index contributed by atoms with van der Waals surface area (Å²) in [5.41, 5.74) is 0. The van der Waals surface area contributed by atoms with Crippen molar-refractivity contribution >= 4 is 17.9 Å². The number of hydrogen-bond donors (Lipinski definition) is 0. The van der Waals surface area contributed by atoms with Gasteiger partial charge in [-0.05, 0) is 109 Å². The molecule has 0 heterocycles. The highest BCUT2D eigenvalue weighted by molar-refractivity contribution is 5.71. The smallest absolute Gasteiger partial charge is 0.306 e. The van der Waals surface area contributed by atoms with E-state index >= 15 is 0 Å². The van der Waals surface area contributed by atoms with Crippen LogP contribution in [-0.4, -0.2) is 37.2 Å². The summed E-state index contributed by atoms with van der Waals surface area (Å²) in [6.45, 7) is 6.66. The van der Waals surface area contributed by atoms with Crippen LogP contribution in [0, 0.1) is 0 Å². The average Bonchev–Trinajstić information content (AvgIpc) is 3.43. The molecule has 6 heteroatoms. The van der Waals surface area contributed by atoms with Crippen molar-refractivity contribution in [2.45, 2.75) is 361 Å². The molecule has 0 amide bonds. The molecular weight excluding hydrogens is 949 g/mol. The van der Waals surface area contributed by atoms with Crippen molar-refractivity contribution in [2.24, 2.45) is 0 Å². The van der Waals surface area contributed by atoms with Crippen LogP contribution in [0.5, 0.6) is 0 Å². The molecule has 0 rings (SSSR count). The second kappa shape index (κ2) is 65.6. The molecule has 0 aromatic carbocycles. The van der Waals surface area contributed by atoms with E-state index in [1.54, 1.807) is 0 Å². The number of carbonyl (C=O) groups excluding carboxylic acids is 3. The Kier molecular flexibility index (Phi) is 63.2. The van der Waals surface area contributed by atoms with Crippen molar-refractivity contribution in [3.8, 4) is 0 Å². The Morgan fingerprint density at radius 2 is 0.468 bits per heavy atom. The third kappa shape index (κ3) is 63.8. The van der Waals surface area contributed by atoms with Crippen LogP contribution in [0.3, 0.4) is 0 Å². The van der Waals surface area contributed by atoms with E-state index in [1.165, 1.54) is 238 Å². The Morgan fingerprint density at radius 3 is 0.740 bits per heavy atom. The Bertz CT molecular complexity index is 1380. The van der Waals surface area contributed by atoms with Crippen LogP contribution in [0.25, 0.3) is 0 Å². The van der Waals surface area contributed by atoms with Crippen LogP contribution in [0.2, 0.25) is 0 Å². The highest BCUT2D eigenvalue weighted by Crippen LogP contribution is 2.17. The van der Waals surface area contributed by atoms with Crippen molar-refractivity contribution in [3.63, 3.8) is 0 Å². The predicted octanol–water partition coefficient (Wildman–Crippen LogP) is 23.1. The van der Waals surface area contributed by atoms with E-state index < -0.39 is 6.10 Å². The van der Waals surface area contributed by atoms with Gasteiger partial charge in [-0.25, -0.2) is 0 Å². The molecule has 1 unspecified atom stereocenters. The highest BCUT2D eigenvalue weighted by atomic mass is 16.6. The molecule has 0 saturated heterocycles. The van der Waals surface area contributed by atoms with E-state index in [-0.39, 0.29) is 31.1 Å². The lowest BCUT2D eigenvalue weighted by Gasteiger charge is -2.18. The minimum absolute atomic E-state index is 0.0776. The van der Waals surface area contributed by atoms with Gasteiger partial charge in [-0.3, -0.25) is 14.4 Å². The number of ether oxygens (including phenoxy) is 3. The van der Waals surface area contributed by atoms with Gasteiger partial charge in [0, 0.05) is 19.3 Å². The van der Waals surface area contributed by atoms with Gasteiger partial charge in [-0.15, -0.1) is 0 Å². The summed E-state index contributed by atoms with van der Waals surface area (Å²) in [5.74, 6) is -0.872. The summed E-state index contributed by atoms with van der Waals surface area (Å²) in [6.07, 6.45) is 83.7. The average molecular weight is 1080 g/mol.